The molecule has 1 aliphatic carbocycles. The summed E-state index contributed by atoms with van der Waals surface area (Å²) < 4.78 is 12.9. The topological polar surface area (TPSA) is 41.1 Å². The molecule has 3 nitrogen and oxygen atoms in total. The van der Waals surface area contributed by atoms with E-state index in [1.54, 1.807) is 12.1 Å². The van der Waals surface area contributed by atoms with E-state index in [0.29, 0.717) is 12.2 Å². The Bertz CT molecular complexity index is 402. The summed E-state index contributed by atoms with van der Waals surface area (Å²) in [5.41, 5.74) is 0.244. The highest BCUT2D eigenvalue weighted by Gasteiger charge is 2.49. The lowest BCUT2D eigenvalue weighted by molar-refractivity contribution is -0.120. The zero-order valence-electron chi connectivity index (χ0n) is 9.22. The van der Waals surface area contributed by atoms with Gasteiger partial charge in [0, 0.05) is 12.2 Å². The summed E-state index contributed by atoms with van der Waals surface area (Å²) in [7, 11) is 1.83. The minimum absolute atomic E-state index is 0.0209. The largest absolute Gasteiger partial charge is 0.325 e. The lowest BCUT2D eigenvalue weighted by Gasteiger charge is -2.14. The van der Waals surface area contributed by atoms with Crippen LogP contribution in [0.2, 0.25) is 0 Å². The Morgan fingerprint density at radius 3 is 2.81 bits per heavy atom. The van der Waals surface area contributed by atoms with E-state index in [9.17, 15) is 9.18 Å². The van der Waals surface area contributed by atoms with E-state index in [2.05, 4.69) is 10.6 Å². The number of benzene rings is 1. The first-order valence-electron chi connectivity index (χ1n) is 5.38. The molecule has 1 aromatic carbocycles. The summed E-state index contributed by atoms with van der Waals surface area (Å²) in [6, 6.07) is 5.96. The van der Waals surface area contributed by atoms with Crippen LogP contribution in [-0.4, -0.2) is 19.5 Å². The number of carbonyl (C=O) groups excluding carboxylic acids is 1. The quantitative estimate of drug-likeness (QED) is 0.815. The van der Waals surface area contributed by atoms with E-state index in [4.69, 9.17) is 0 Å². The standard InChI is InChI=1S/C12H15FN2O/c1-14-8-12(5-6-12)11(16)15-10-4-2-3-9(13)7-10/h2-4,7,14H,5-6,8H2,1H3,(H,15,16). The third kappa shape index (κ3) is 2.22. The number of hydrogen-bond acceptors (Lipinski definition) is 2. The van der Waals surface area contributed by atoms with Gasteiger partial charge in [-0.2, -0.15) is 0 Å². The third-order valence-corrected chi connectivity index (χ3v) is 2.93. The van der Waals surface area contributed by atoms with Gasteiger partial charge in [-0.3, -0.25) is 4.79 Å². The molecule has 0 spiro atoms. The maximum atomic E-state index is 12.9. The molecule has 1 saturated carbocycles. The van der Waals surface area contributed by atoms with Gasteiger partial charge in [-0.15, -0.1) is 0 Å². The molecule has 86 valence electrons. The highest BCUT2D eigenvalue weighted by atomic mass is 19.1. The van der Waals surface area contributed by atoms with E-state index < -0.39 is 0 Å². The molecule has 2 rings (SSSR count). The summed E-state index contributed by atoms with van der Waals surface area (Å²) in [6.45, 7) is 0.675. The van der Waals surface area contributed by atoms with Crippen LogP contribution < -0.4 is 10.6 Å². The molecule has 4 heteroatoms. The Labute approximate surface area is 94.0 Å². The van der Waals surface area contributed by atoms with Crippen LogP contribution in [0.25, 0.3) is 0 Å². The lowest BCUT2D eigenvalue weighted by Crippen LogP contribution is -2.32. The SMILES string of the molecule is CNCC1(C(=O)Nc2cccc(F)c2)CC1. The molecule has 0 bridgehead atoms. The van der Waals surface area contributed by atoms with Gasteiger partial charge in [-0.25, -0.2) is 4.39 Å². The highest BCUT2D eigenvalue weighted by molar-refractivity contribution is 5.97. The van der Waals surface area contributed by atoms with E-state index in [1.165, 1.54) is 12.1 Å². The smallest absolute Gasteiger partial charge is 0.231 e. The Morgan fingerprint density at radius 1 is 1.50 bits per heavy atom. The molecule has 0 radical (unpaired) electrons. The van der Waals surface area contributed by atoms with Crippen molar-refractivity contribution in [3.8, 4) is 0 Å². The van der Waals surface area contributed by atoms with Crippen molar-refractivity contribution in [1.82, 2.24) is 5.32 Å². The number of hydrogen-bond donors (Lipinski definition) is 2. The monoisotopic (exact) mass is 222 g/mol. The molecule has 0 unspecified atom stereocenters. The molecule has 0 heterocycles. The molecule has 0 saturated heterocycles. The first-order valence-corrected chi connectivity index (χ1v) is 5.38. The van der Waals surface area contributed by atoms with Gasteiger partial charge in [0.05, 0.1) is 5.41 Å². The number of amides is 1. The molecule has 1 aliphatic rings. The molecule has 2 N–H and O–H groups in total. The van der Waals surface area contributed by atoms with Gasteiger partial charge in [0.25, 0.3) is 0 Å². The highest BCUT2D eigenvalue weighted by Crippen LogP contribution is 2.45. The minimum atomic E-state index is -0.337. The van der Waals surface area contributed by atoms with Crippen molar-refractivity contribution in [3.63, 3.8) is 0 Å². The number of carbonyl (C=O) groups is 1. The predicted molar refractivity (Wildman–Crippen MR) is 60.6 cm³/mol. The van der Waals surface area contributed by atoms with Crippen LogP contribution in [0, 0.1) is 11.2 Å². The van der Waals surface area contributed by atoms with Crippen molar-refractivity contribution in [1.29, 1.82) is 0 Å². The third-order valence-electron chi connectivity index (χ3n) is 2.93. The van der Waals surface area contributed by atoms with E-state index in [1.807, 2.05) is 7.05 Å². The van der Waals surface area contributed by atoms with Crippen molar-refractivity contribution in [3.05, 3.63) is 30.1 Å². The van der Waals surface area contributed by atoms with Crippen LogP contribution in [0.1, 0.15) is 12.8 Å². The molecular weight excluding hydrogens is 207 g/mol. The number of anilines is 1. The van der Waals surface area contributed by atoms with Gasteiger partial charge >= 0.3 is 0 Å². The average Bonchev–Trinajstić information content (AvgIpc) is 2.99. The van der Waals surface area contributed by atoms with Gasteiger partial charge in [0.1, 0.15) is 5.82 Å². The Morgan fingerprint density at radius 2 is 2.25 bits per heavy atom. The van der Waals surface area contributed by atoms with Gasteiger partial charge in [-0.1, -0.05) is 6.07 Å². The second-order valence-electron chi connectivity index (χ2n) is 4.28. The summed E-state index contributed by atoms with van der Waals surface area (Å²) >= 11 is 0. The van der Waals surface area contributed by atoms with Crippen molar-refractivity contribution in [2.45, 2.75) is 12.8 Å². The minimum Gasteiger partial charge on any atom is -0.325 e. The average molecular weight is 222 g/mol. The van der Waals surface area contributed by atoms with Crippen LogP contribution in [0.3, 0.4) is 0 Å². The summed E-state index contributed by atoms with van der Waals surface area (Å²) in [6.07, 6.45) is 1.80. The van der Waals surface area contributed by atoms with Crippen molar-refractivity contribution < 1.29 is 9.18 Å². The van der Waals surface area contributed by atoms with Gasteiger partial charge < -0.3 is 10.6 Å². The summed E-state index contributed by atoms with van der Waals surface area (Å²) in [5.74, 6) is -0.358. The number of nitrogens with one attached hydrogen (secondary N) is 2. The fourth-order valence-corrected chi connectivity index (χ4v) is 1.80. The molecule has 1 aromatic rings. The van der Waals surface area contributed by atoms with Crippen LogP contribution in [0.5, 0.6) is 0 Å². The first kappa shape index (κ1) is 11.1. The lowest BCUT2D eigenvalue weighted by atomic mass is 10.1. The Kier molecular flexibility index (Phi) is 2.92. The van der Waals surface area contributed by atoms with Crippen LogP contribution >= 0.6 is 0 Å². The first-order chi connectivity index (χ1) is 7.66. The molecule has 1 fully saturated rings. The zero-order chi connectivity index (χ0) is 11.6. The predicted octanol–water partition coefficient (Wildman–Crippen LogP) is 1.76. The van der Waals surface area contributed by atoms with E-state index in [0.717, 1.165) is 12.8 Å². The van der Waals surface area contributed by atoms with Crippen molar-refractivity contribution in [2.24, 2.45) is 5.41 Å². The second kappa shape index (κ2) is 4.22. The molecule has 0 atom stereocenters. The zero-order valence-corrected chi connectivity index (χ0v) is 9.22. The maximum absolute atomic E-state index is 12.9. The Balaban J connectivity index is 2.02. The number of halogens is 1. The van der Waals surface area contributed by atoms with Crippen LogP contribution in [0.4, 0.5) is 10.1 Å². The normalized spacial score (nSPS) is 16.9. The Hall–Kier alpha value is -1.42. The maximum Gasteiger partial charge on any atom is 0.231 e. The molecule has 0 aliphatic heterocycles. The van der Waals surface area contributed by atoms with Crippen LogP contribution in [0.15, 0.2) is 24.3 Å². The van der Waals surface area contributed by atoms with E-state index in [-0.39, 0.29) is 17.1 Å². The molecule has 16 heavy (non-hydrogen) atoms. The van der Waals surface area contributed by atoms with Gasteiger partial charge in [0.2, 0.25) is 5.91 Å². The fourth-order valence-electron chi connectivity index (χ4n) is 1.80. The van der Waals surface area contributed by atoms with E-state index >= 15 is 0 Å². The fraction of sp³-hybridized carbons (Fsp3) is 0.417. The van der Waals surface area contributed by atoms with Crippen LogP contribution in [-0.2, 0) is 4.79 Å². The van der Waals surface area contributed by atoms with Gasteiger partial charge in [0.15, 0.2) is 0 Å². The second-order valence-corrected chi connectivity index (χ2v) is 4.28. The molecular formula is C12H15FN2O. The van der Waals surface area contributed by atoms with Crippen molar-refractivity contribution in [2.75, 3.05) is 18.9 Å². The summed E-state index contributed by atoms with van der Waals surface area (Å²) in [5, 5.41) is 5.77. The van der Waals surface area contributed by atoms with Crippen molar-refractivity contribution >= 4 is 11.6 Å². The molecule has 0 aromatic heterocycles. The number of rotatable bonds is 4. The summed E-state index contributed by atoms with van der Waals surface area (Å²) in [4.78, 5) is 11.9. The van der Waals surface area contributed by atoms with Gasteiger partial charge in [-0.05, 0) is 38.1 Å². The molecule has 1 amide bonds.